The minimum atomic E-state index is -6.70. The molecule has 8 nitrogen and oxygen atoms in total. The molecule has 1 N–H and O–H groups in total. The number of alkyl halides is 15. The van der Waals surface area contributed by atoms with Gasteiger partial charge in [0.1, 0.15) is 5.54 Å². The minimum Gasteiger partial charge on any atom is -0.464 e. The highest BCUT2D eigenvalue weighted by molar-refractivity contribution is 5.92. The summed E-state index contributed by atoms with van der Waals surface area (Å²) >= 11 is 0. The summed E-state index contributed by atoms with van der Waals surface area (Å²) < 4.78 is 207. The topological polar surface area (TPSA) is 108 Å². The Balaban J connectivity index is 3.74. The summed E-state index contributed by atoms with van der Waals surface area (Å²) in [5.41, 5.74) is -3.90. The molecule has 1 aromatic carbocycles. The minimum absolute atomic E-state index is 0.0169. The van der Waals surface area contributed by atoms with E-state index >= 15 is 0 Å². The Hall–Kier alpha value is -3.95. The van der Waals surface area contributed by atoms with Crippen molar-refractivity contribution in [2.75, 3.05) is 6.61 Å². The molecule has 0 radical (unpaired) electrons. The number of hydrogen-bond acceptors (Lipinski definition) is 7. The van der Waals surface area contributed by atoms with Gasteiger partial charge in [0.15, 0.2) is 11.5 Å². The number of unbranched alkanes of at least 4 members (excludes halogenated alkanes) is 1. The smallest absolute Gasteiger partial charge is 0.464 e. The van der Waals surface area contributed by atoms with E-state index in [-0.39, 0.29) is 18.6 Å². The average molecular weight is 705 g/mol. The van der Waals surface area contributed by atoms with Crippen molar-refractivity contribution in [3.63, 3.8) is 0 Å². The van der Waals surface area contributed by atoms with Gasteiger partial charge in [-0.25, -0.2) is 14.4 Å². The second-order valence-electron chi connectivity index (χ2n) is 9.23. The lowest BCUT2D eigenvalue weighted by Crippen LogP contribution is -2.61. The standard InChI is InChI=1S/C23H18F15NO7/c1-3-4-7-44-14(41)17(2,39-13(40)18(24,25)21(30,31)32)9-10-5-6-11(45-15(42)19(26,27)22(33,34)35)12(8-10)46-16(43)20(28,29)23(36,37)38/h5-6,8H,3-4,7,9H2,1-2H3,(H,39,40). The van der Waals surface area contributed by atoms with Gasteiger partial charge < -0.3 is 19.5 Å². The first-order valence-corrected chi connectivity index (χ1v) is 11.9. The number of halogens is 15. The van der Waals surface area contributed by atoms with E-state index in [0.29, 0.717) is 19.4 Å². The van der Waals surface area contributed by atoms with Gasteiger partial charge in [0, 0.05) is 6.42 Å². The summed E-state index contributed by atoms with van der Waals surface area (Å²) in [6.07, 6.45) is -20.9. The first-order chi connectivity index (χ1) is 20.5. The third-order valence-corrected chi connectivity index (χ3v) is 5.41. The van der Waals surface area contributed by atoms with E-state index in [9.17, 15) is 85.0 Å². The zero-order chi connectivity index (χ0) is 36.3. The van der Waals surface area contributed by atoms with Crippen molar-refractivity contribution in [1.29, 1.82) is 0 Å². The molecular weight excluding hydrogens is 687 g/mol. The van der Waals surface area contributed by atoms with Crippen LogP contribution in [-0.4, -0.2) is 72.3 Å². The Labute approximate surface area is 246 Å². The van der Waals surface area contributed by atoms with Gasteiger partial charge in [0.05, 0.1) is 6.61 Å². The van der Waals surface area contributed by atoms with Crippen LogP contribution >= 0.6 is 0 Å². The second kappa shape index (κ2) is 13.4. The fourth-order valence-corrected chi connectivity index (χ4v) is 2.89. The molecule has 1 amide bonds. The largest absolute Gasteiger partial charge is 0.465 e. The maximum absolute atomic E-state index is 13.6. The highest BCUT2D eigenvalue weighted by Crippen LogP contribution is 2.41. The number of hydrogen-bond donors (Lipinski definition) is 1. The number of carbonyl (C=O) groups excluding carboxylic acids is 4. The van der Waals surface area contributed by atoms with Crippen LogP contribution in [0, 0.1) is 0 Å². The zero-order valence-corrected chi connectivity index (χ0v) is 22.6. The molecule has 23 heteroatoms. The van der Waals surface area contributed by atoms with E-state index in [1.165, 1.54) is 0 Å². The maximum Gasteiger partial charge on any atom is 0.465 e. The van der Waals surface area contributed by atoms with Gasteiger partial charge in [-0.2, -0.15) is 65.9 Å². The number of esters is 3. The molecule has 0 aliphatic carbocycles. The van der Waals surface area contributed by atoms with E-state index < -0.39 is 95.7 Å². The molecule has 1 rings (SSSR count). The second-order valence-corrected chi connectivity index (χ2v) is 9.23. The predicted molar refractivity (Wildman–Crippen MR) is 117 cm³/mol. The lowest BCUT2D eigenvalue weighted by molar-refractivity contribution is -0.277. The average Bonchev–Trinajstić information content (AvgIpc) is 2.87. The highest BCUT2D eigenvalue weighted by Gasteiger charge is 2.67. The lowest BCUT2D eigenvalue weighted by Gasteiger charge is -2.31. The number of benzene rings is 1. The van der Waals surface area contributed by atoms with Crippen molar-refractivity contribution in [3.8, 4) is 11.5 Å². The molecular formula is C23H18F15NO7. The van der Waals surface area contributed by atoms with Crippen molar-refractivity contribution >= 4 is 23.8 Å². The molecule has 0 bridgehead atoms. The normalized spacial score (nSPS) is 14.6. The summed E-state index contributed by atoms with van der Waals surface area (Å²) in [5, 5.41) is 1.03. The predicted octanol–water partition coefficient (Wildman–Crippen LogP) is 5.85. The Morgan fingerprint density at radius 1 is 0.652 bits per heavy atom. The number of amides is 1. The third kappa shape index (κ3) is 8.85. The van der Waals surface area contributed by atoms with Crippen LogP contribution in [-0.2, 0) is 30.3 Å². The monoisotopic (exact) mass is 705 g/mol. The van der Waals surface area contributed by atoms with Crippen molar-refractivity contribution in [2.24, 2.45) is 0 Å². The first-order valence-electron chi connectivity index (χ1n) is 11.9. The summed E-state index contributed by atoms with van der Waals surface area (Å²) in [6, 6.07) is 0.340. The number of carbonyl (C=O) groups is 4. The molecule has 262 valence electrons. The molecule has 0 heterocycles. The van der Waals surface area contributed by atoms with Crippen LogP contribution in [0.25, 0.3) is 0 Å². The van der Waals surface area contributed by atoms with Gasteiger partial charge in [-0.05, 0) is 31.0 Å². The summed E-state index contributed by atoms with van der Waals surface area (Å²) in [7, 11) is 0. The van der Waals surface area contributed by atoms with Gasteiger partial charge in [0.25, 0.3) is 0 Å². The molecule has 0 aliphatic heterocycles. The lowest BCUT2D eigenvalue weighted by atomic mass is 9.92. The Morgan fingerprint density at radius 3 is 1.50 bits per heavy atom. The third-order valence-electron chi connectivity index (χ3n) is 5.41. The first kappa shape index (κ1) is 40.1. The van der Waals surface area contributed by atoms with Crippen LogP contribution in [0.3, 0.4) is 0 Å². The van der Waals surface area contributed by atoms with Gasteiger partial charge in [-0.15, -0.1) is 0 Å². The Morgan fingerprint density at radius 2 is 1.09 bits per heavy atom. The quantitative estimate of drug-likeness (QED) is 0.126. The molecule has 1 unspecified atom stereocenters. The molecule has 0 saturated carbocycles. The highest BCUT2D eigenvalue weighted by atomic mass is 19.4. The summed E-state index contributed by atoms with van der Waals surface area (Å²) in [6.45, 7) is 1.46. The van der Waals surface area contributed by atoms with Crippen LogP contribution in [0.5, 0.6) is 11.5 Å². The molecule has 0 saturated heterocycles. The van der Waals surface area contributed by atoms with Crippen molar-refractivity contribution in [1.82, 2.24) is 5.32 Å². The SMILES string of the molecule is CCCCOC(=O)C(C)(Cc1ccc(OC(=O)C(F)(F)C(F)(F)F)c(OC(=O)C(F)(F)C(F)(F)F)c1)NC(=O)C(F)(F)C(F)(F)F. The van der Waals surface area contributed by atoms with Gasteiger partial charge >= 0.3 is 60.1 Å². The number of rotatable bonds is 12. The molecule has 46 heavy (non-hydrogen) atoms. The zero-order valence-electron chi connectivity index (χ0n) is 22.6. The molecule has 1 aromatic rings. The number of nitrogens with one attached hydrogen (secondary N) is 1. The van der Waals surface area contributed by atoms with Crippen LogP contribution in [0.1, 0.15) is 32.3 Å². The molecule has 0 aromatic heterocycles. The van der Waals surface area contributed by atoms with Crippen LogP contribution in [0.2, 0.25) is 0 Å². The van der Waals surface area contributed by atoms with Crippen molar-refractivity contribution in [3.05, 3.63) is 23.8 Å². The van der Waals surface area contributed by atoms with Crippen LogP contribution in [0.4, 0.5) is 65.9 Å². The fourth-order valence-electron chi connectivity index (χ4n) is 2.89. The molecule has 0 spiro atoms. The summed E-state index contributed by atoms with van der Waals surface area (Å²) in [5.74, 6) is -34.8. The van der Waals surface area contributed by atoms with Crippen molar-refractivity contribution in [2.45, 2.75) is 74.9 Å². The number of ether oxygens (including phenoxy) is 3. The van der Waals surface area contributed by atoms with E-state index in [1.807, 2.05) is 0 Å². The van der Waals surface area contributed by atoms with Crippen LogP contribution in [0.15, 0.2) is 18.2 Å². The van der Waals surface area contributed by atoms with Crippen molar-refractivity contribution < 1.29 is 99.2 Å². The summed E-state index contributed by atoms with van der Waals surface area (Å²) in [4.78, 5) is 47.6. The van der Waals surface area contributed by atoms with E-state index in [1.54, 1.807) is 6.92 Å². The Kier molecular flexibility index (Phi) is 11.7. The molecule has 0 fully saturated rings. The Bertz CT molecular complexity index is 1310. The fraction of sp³-hybridized carbons (Fsp3) is 0.565. The molecule has 0 aliphatic rings. The van der Waals surface area contributed by atoms with E-state index in [0.717, 1.165) is 5.32 Å². The van der Waals surface area contributed by atoms with E-state index in [4.69, 9.17) is 4.74 Å². The molecule has 1 atom stereocenters. The maximum atomic E-state index is 13.6. The van der Waals surface area contributed by atoms with Gasteiger partial charge in [-0.1, -0.05) is 19.4 Å². The van der Waals surface area contributed by atoms with E-state index in [2.05, 4.69) is 9.47 Å². The van der Waals surface area contributed by atoms with Gasteiger partial charge in [-0.3, -0.25) is 4.79 Å². The van der Waals surface area contributed by atoms with Gasteiger partial charge in [0.2, 0.25) is 0 Å². The van der Waals surface area contributed by atoms with Crippen LogP contribution < -0.4 is 14.8 Å².